The molecule has 0 aromatic carbocycles. The Morgan fingerprint density at radius 2 is 1.65 bits per heavy atom. The molecule has 2 N–H and O–H groups in total. The van der Waals surface area contributed by atoms with Gasteiger partial charge in [0, 0.05) is 0 Å². The number of carboxylic acids is 2. The largest absolute Gasteiger partial charge is 1.00 e. The second-order valence-corrected chi connectivity index (χ2v) is 3.25. The Bertz CT molecular complexity index is 178. The molecule has 0 spiro atoms. The standard InChI is InChI=1S/C8H17.C3H4O4.Li.Na.H/c1-4-7-8(5-2)6-3;4-2(5)1-3(6)7;;;/h5,8H,4,6-7H2,1-3H3;1H2,(H,4,5)(H,6,7);;;/q-1;;2*+1;-1. The van der Waals surface area contributed by atoms with E-state index < -0.39 is 18.4 Å². The fourth-order valence-corrected chi connectivity index (χ4v) is 1.11. The maximum atomic E-state index is 9.43. The van der Waals surface area contributed by atoms with Crippen molar-refractivity contribution in [1.82, 2.24) is 0 Å². The zero-order chi connectivity index (χ0) is 12.3. The Hall–Kier alpha value is 0.537. The van der Waals surface area contributed by atoms with E-state index in [0.29, 0.717) is 0 Å². The molecule has 0 amide bonds. The van der Waals surface area contributed by atoms with E-state index in [1.165, 1.54) is 19.3 Å². The van der Waals surface area contributed by atoms with Gasteiger partial charge in [0.2, 0.25) is 0 Å². The molecule has 92 valence electrons. The number of hydrogen-bond donors (Lipinski definition) is 2. The molecule has 0 aromatic heterocycles. The van der Waals surface area contributed by atoms with E-state index in [1.807, 2.05) is 0 Å². The topological polar surface area (TPSA) is 74.6 Å². The average Bonchev–Trinajstić information content (AvgIpc) is 2.13. The third-order valence-corrected chi connectivity index (χ3v) is 1.96. The van der Waals surface area contributed by atoms with E-state index in [-0.39, 0.29) is 49.8 Å². The van der Waals surface area contributed by atoms with Gasteiger partial charge in [-0.2, -0.15) is 12.8 Å². The van der Waals surface area contributed by atoms with Crippen LogP contribution in [0.25, 0.3) is 0 Å². The van der Waals surface area contributed by atoms with Crippen LogP contribution >= 0.6 is 0 Å². The molecule has 1 unspecified atom stereocenters. The van der Waals surface area contributed by atoms with Crippen LogP contribution in [0.3, 0.4) is 0 Å². The van der Waals surface area contributed by atoms with E-state index in [9.17, 15) is 9.59 Å². The number of carboxylic acid groups (broad SMARTS) is 2. The molecule has 0 saturated carbocycles. The quantitative estimate of drug-likeness (QED) is 0.293. The van der Waals surface area contributed by atoms with E-state index >= 15 is 0 Å². The molecule has 0 aliphatic heterocycles. The maximum absolute atomic E-state index is 9.43. The second kappa shape index (κ2) is 18.9. The van der Waals surface area contributed by atoms with Crippen molar-refractivity contribution in [2.24, 2.45) is 5.92 Å². The van der Waals surface area contributed by atoms with Crippen molar-refractivity contribution >= 4 is 11.9 Å². The second-order valence-electron chi connectivity index (χ2n) is 3.25. The summed E-state index contributed by atoms with van der Waals surface area (Å²) in [7, 11) is 0. The fraction of sp³-hybridized carbons (Fsp3) is 0.727. The summed E-state index contributed by atoms with van der Waals surface area (Å²) < 4.78 is 0. The minimum Gasteiger partial charge on any atom is -1.00 e. The summed E-state index contributed by atoms with van der Waals surface area (Å²) in [4.78, 5) is 18.9. The van der Waals surface area contributed by atoms with E-state index in [1.54, 1.807) is 0 Å². The van der Waals surface area contributed by atoms with Crippen LogP contribution in [0.4, 0.5) is 0 Å². The molecule has 17 heavy (non-hydrogen) atoms. The van der Waals surface area contributed by atoms with Gasteiger partial charge in [0.1, 0.15) is 6.42 Å². The molecule has 0 rings (SSSR count). The molecule has 6 heteroatoms. The minimum atomic E-state index is -1.31. The summed E-state index contributed by atoms with van der Waals surface area (Å²) in [6, 6.07) is 0. The summed E-state index contributed by atoms with van der Waals surface area (Å²) >= 11 is 0. The van der Waals surface area contributed by atoms with Crippen LogP contribution in [0.5, 0.6) is 0 Å². The van der Waals surface area contributed by atoms with Gasteiger partial charge in [0.15, 0.2) is 0 Å². The molecule has 0 heterocycles. The predicted molar refractivity (Wildman–Crippen MR) is 59.7 cm³/mol. The van der Waals surface area contributed by atoms with Gasteiger partial charge in [-0.25, -0.2) is 0 Å². The van der Waals surface area contributed by atoms with Crippen molar-refractivity contribution in [3.8, 4) is 0 Å². The van der Waals surface area contributed by atoms with E-state index in [4.69, 9.17) is 10.2 Å². The van der Waals surface area contributed by atoms with Crippen molar-refractivity contribution in [2.75, 3.05) is 0 Å². The summed E-state index contributed by atoms with van der Waals surface area (Å²) in [5.41, 5.74) is 0. The van der Waals surface area contributed by atoms with Gasteiger partial charge >= 0.3 is 60.4 Å². The first kappa shape index (κ1) is 26.2. The van der Waals surface area contributed by atoms with Crippen molar-refractivity contribution in [2.45, 2.75) is 46.5 Å². The number of carbonyl (C=O) groups is 2. The predicted octanol–water partition coefficient (Wildman–Crippen LogP) is -3.30. The molecule has 0 aliphatic rings. The Balaban J connectivity index is -0.0000000540. The third-order valence-electron chi connectivity index (χ3n) is 1.96. The molecular formula is C11H22LiNaO4. The molecule has 1 atom stereocenters. The Kier molecular flexibility index (Phi) is 29.1. The van der Waals surface area contributed by atoms with Crippen molar-refractivity contribution < 1.29 is 69.6 Å². The van der Waals surface area contributed by atoms with Gasteiger partial charge in [-0.05, 0) is 0 Å². The first-order valence-electron chi connectivity index (χ1n) is 5.20. The third kappa shape index (κ3) is 26.3. The van der Waals surface area contributed by atoms with Crippen molar-refractivity contribution in [3.63, 3.8) is 0 Å². The smallest absolute Gasteiger partial charge is 1.00 e. The Morgan fingerprint density at radius 1 is 1.24 bits per heavy atom. The van der Waals surface area contributed by atoms with Gasteiger partial charge < -0.3 is 18.1 Å². The van der Waals surface area contributed by atoms with Gasteiger partial charge in [-0.15, -0.1) is 0 Å². The Labute approximate surface area is 140 Å². The average molecular weight is 248 g/mol. The number of hydrogen-bond acceptors (Lipinski definition) is 2. The van der Waals surface area contributed by atoms with Crippen molar-refractivity contribution in [1.29, 1.82) is 0 Å². The fourth-order valence-electron chi connectivity index (χ4n) is 1.11. The normalized spacial score (nSPS) is 9.82. The van der Waals surface area contributed by atoms with Crippen LogP contribution in [-0.2, 0) is 9.59 Å². The van der Waals surface area contributed by atoms with Crippen LogP contribution in [-0.4, -0.2) is 22.2 Å². The van der Waals surface area contributed by atoms with E-state index in [2.05, 4.69) is 27.2 Å². The molecule has 0 aromatic rings. The van der Waals surface area contributed by atoms with E-state index in [0.717, 1.165) is 5.92 Å². The molecule has 0 bridgehead atoms. The summed E-state index contributed by atoms with van der Waals surface area (Å²) in [5, 5.41) is 15.4. The SMILES string of the molecule is C[CH-]C(CC)CCC.O=C(O)CC(=O)O.[H-].[Li+].[Na+]. The van der Waals surface area contributed by atoms with Crippen LogP contribution < -0.4 is 48.4 Å². The van der Waals surface area contributed by atoms with Gasteiger partial charge in [0.05, 0.1) is 0 Å². The summed E-state index contributed by atoms with van der Waals surface area (Å²) in [6.45, 7) is 6.65. The van der Waals surface area contributed by atoms with Crippen LogP contribution in [0.2, 0.25) is 0 Å². The monoisotopic (exact) mass is 248 g/mol. The van der Waals surface area contributed by atoms with Gasteiger partial charge in [0.25, 0.3) is 0 Å². The van der Waals surface area contributed by atoms with Crippen LogP contribution in [0.15, 0.2) is 0 Å². The summed E-state index contributed by atoms with van der Waals surface area (Å²) in [6.07, 6.45) is 5.50. The molecule has 0 saturated heterocycles. The Morgan fingerprint density at radius 3 is 1.71 bits per heavy atom. The molecule has 0 radical (unpaired) electrons. The molecule has 0 aliphatic carbocycles. The summed E-state index contributed by atoms with van der Waals surface area (Å²) in [5.74, 6) is -1.75. The zero-order valence-corrected chi connectivity index (χ0v) is 13.7. The first-order chi connectivity index (χ1) is 6.97. The number of rotatable bonds is 6. The van der Waals surface area contributed by atoms with Gasteiger partial charge in [-0.3, -0.25) is 9.59 Å². The number of aliphatic carboxylic acids is 2. The zero-order valence-electron chi connectivity index (χ0n) is 12.7. The van der Waals surface area contributed by atoms with Crippen molar-refractivity contribution in [3.05, 3.63) is 6.42 Å². The molecule has 0 fully saturated rings. The maximum Gasteiger partial charge on any atom is 1.00 e. The molecule has 4 nitrogen and oxygen atoms in total. The van der Waals surface area contributed by atoms with Gasteiger partial charge in [-0.1, -0.05) is 33.1 Å². The van der Waals surface area contributed by atoms with Crippen LogP contribution in [0, 0.1) is 12.3 Å². The first-order valence-corrected chi connectivity index (χ1v) is 5.20. The molecular weight excluding hydrogens is 226 g/mol. The van der Waals surface area contributed by atoms with Crippen LogP contribution in [0.1, 0.15) is 47.9 Å². The minimum absolute atomic E-state index is 0.